The summed E-state index contributed by atoms with van der Waals surface area (Å²) < 4.78 is 33.6. The molecule has 1 aliphatic rings. The second-order valence-electron chi connectivity index (χ2n) is 7.71. The highest BCUT2D eigenvalue weighted by molar-refractivity contribution is 5.76. The third-order valence-corrected chi connectivity index (χ3v) is 5.22. The molecule has 176 valence electrons. The van der Waals surface area contributed by atoms with Crippen molar-refractivity contribution in [2.45, 2.75) is 51.9 Å². The van der Waals surface area contributed by atoms with E-state index in [1.807, 2.05) is 27.9 Å². The van der Waals surface area contributed by atoms with Crippen molar-refractivity contribution >= 4 is 11.9 Å². The molecule has 2 heterocycles. The Morgan fingerprint density at radius 2 is 1.97 bits per heavy atom. The number of aliphatic carboxylic acids is 1. The molecule has 1 amide bonds. The zero-order valence-electron chi connectivity index (χ0n) is 17.9. The summed E-state index contributed by atoms with van der Waals surface area (Å²) in [6.45, 7) is 4.99. The fraction of sp³-hybridized carbons (Fsp3) is 0.524. The fourth-order valence-electron chi connectivity index (χ4n) is 3.52. The summed E-state index contributed by atoms with van der Waals surface area (Å²) >= 11 is 0. The van der Waals surface area contributed by atoms with Gasteiger partial charge in [0.1, 0.15) is 0 Å². The molecular weight excluding hydrogens is 427 g/mol. The normalized spacial score (nSPS) is 16.3. The molecular formula is C21H28F3N5O3. The lowest BCUT2D eigenvalue weighted by atomic mass is 9.97. The van der Waals surface area contributed by atoms with Crippen LogP contribution >= 0.6 is 0 Å². The summed E-state index contributed by atoms with van der Waals surface area (Å²) in [5.74, 6) is -2.06. The van der Waals surface area contributed by atoms with Gasteiger partial charge >= 0.3 is 12.1 Å². The smallest absolute Gasteiger partial charge is 0.475 e. The van der Waals surface area contributed by atoms with Gasteiger partial charge in [-0.05, 0) is 43.2 Å². The standard InChI is InChI=1S/C19H27N5O.C2HF3O2/c1-15-5-2-3-7-17(15)8-9-19(25)23-10-4-6-16(12-23)13-24-14-18(11-20)21-22-24;3-2(4,5)1(6)7/h2-3,5,7,14,16H,4,6,8-13,20H2,1H3;(H,6,7). The molecule has 0 radical (unpaired) electrons. The molecule has 0 spiro atoms. The zero-order chi connectivity index (χ0) is 23.7. The second-order valence-corrected chi connectivity index (χ2v) is 7.71. The van der Waals surface area contributed by atoms with Crippen molar-refractivity contribution in [2.24, 2.45) is 11.7 Å². The first-order chi connectivity index (χ1) is 15.1. The Bertz CT molecular complexity index is 901. The SMILES string of the molecule is Cc1ccccc1CCC(=O)N1CCCC(Cn2cc(CN)nn2)C1.O=C(O)C(F)(F)F. The number of hydrogen-bond acceptors (Lipinski definition) is 5. The number of carbonyl (C=O) groups excluding carboxylic acids is 1. The Labute approximate surface area is 184 Å². The maximum atomic E-state index is 12.6. The van der Waals surface area contributed by atoms with Crippen molar-refractivity contribution < 1.29 is 27.9 Å². The van der Waals surface area contributed by atoms with Gasteiger partial charge in [-0.15, -0.1) is 5.10 Å². The maximum absolute atomic E-state index is 12.6. The number of carboxylic acid groups (broad SMARTS) is 1. The molecule has 1 aromatic heterocycles. The minimum Gasteiger partial charge on any atom is -0.475 e. The summed E-state index contributed by atoms with van der Waals surface area (Å²) in [6.07, 6.45) is 0.394. The molecule has 1 unspecified atom stereocenters. The van der Waals surface area contributed by atoms with E-state index in [0.29, 0.717) is 18.9 Å². The molecule has 11 heteroatoms. The van der Waals surface area contributed by atoms with E-state index in [4.69, 9.17) is 15.6 Å². The zero-order valence-corrected chi connectivity index (χ0v) is 17.9. The molecule has 2 aromatic rings. The van der Waals surface area contributed by atoms with Crippen LogP contribution in [0.2, 0.25) is 0 Å². The Kier molecular flexibility index (Phi) is 9.18. The Hall–Kier alpha value is -2.95. The van der Waals surface area contributed by atoms with Crippen LogP contribution in [0.25, 0.3) is 0 Å². The molecule has 1 saturated heterocycles. The van der Waals surface area contributed by atoms with E-state index in [0.717, 1.165) is 44.6 Å². The van der Waals surface area contributed by atoms with Gasteiger partial charge in [0.25, 0.3) is 0 Å². The van der Waals surface area contributed by atoms with Crippen LogP contribution in [-0.2, 0) is 29.1 Å². The summed E-state index contributed by atoms with van der Waals surface area (Å²) in [4.78, 5) is 23.5. The van der Waals surface area contributed by atoms with E-state index in [9.17, 15) is 18.0 Å². The van der Waals surface area contributed by atoms with Gasteiger partial charge in [-0.3, -0.25) is 9.48 Å². The molecule has 1 aliphatic heterocycles. The lowest BCUT2D eigenvalue weighted by molar-refractivity contribution is -0.192. The number of carbonyl (C=O) groups is 2. The number of aryl methyl sites for hydroxylation is 2. The number of piperidine rings is 1. The number of halogens is 3. The van der Waals surface area contributed by atoms with Gasteiger partial charge in [-0.1, -0.05) is 29.5 Å². The van der Waals surface area contributed by atoms with E-state index >= 15 is 0 Å². The minimum absolute atomic E-state index is 0.259. The summed E-state index contributed by atoms with van der Waals surface area (Å²) in [5, 5.41) is 15.3. The topological polar surface area (TPSA) is 114 Å². The van der Waals surface area contributed by atoms with E-state index < -0.39 is 12.1 Å². The number of carboxylic acids is 1. The van der Waals surface area contributed by atoms with Crippen LogP contribution in [0.15, 0.2) is 30.5 Å². The predicted molar refractivity (Wildman–Crippen MR) is 110 cm³/mol. The first kappa shape index (κ1) is 25.3. The minimum atomic E-state index is -5.08. The van der Waals surface area contributed by atoms with Gasteiger partial charge in [0.2, 0.25) is 5.91 Å². The first-order valence-corrected chi connectivity index (χ1v) is 10.3. The molecule has 1 aromatic carbocycles. The quantitative estimate of drug-likeness (QED) is 0.692. The number of benzene rings is 1. The highest BCUT2D eigenvalue weighted by atomic mass is 19.4. The predicted octanol–water partition coefficient (Wildman–Crippen LogP) is 2.55. The Balaban J connectivity index is 0.000000451. The molecule has 3 rings (SSSR count). The van der Waals surface area contributed by atoms with Crippen LogP contribution in [-0.4, -0.2) is 56.1 Å². The highest BCUT2D eigenvalue weighted by Crippen LogP contribution is 2.20. The van der Waals surface area contributed by atoms with E-state index in [2.05, 4.69) is 29.4 Å². The van der Waals surface area contributed by atoms with Gasteiger partial charge in [0, 0.05) is 38.8 Å². The molecule has 0 bridgehead atoms. The van der Waals surface area contributed by atoms with Gasteiger partial charge in [-0.2, -0.15) is 13.2 Å². The molecule has 8 nitrogen and oxygen atoms in total. The monoisotopic (exact) mass is 455 g/mol. The van der Waals surface area contributed by atoms with E-state index in [1.165, 1.54) is 11.1 Å². The highest BCUT2D eigenvalue weighted by Gasteiger charge is 2.38. The number of hydrogen-bond donors (Lipinski definition) is 2. The number of amides is 1. The van der Waals surface area contributed by atoms with Crippen LogP contribution in [0.4, 0.5) is 13.2 Å². The summed E-state index contributed by atoms with van der Waals surface area (Å²) in [5.41, 5.74) is 8.91. The molecule has 32 heavy (non-hydrogen) atoms. The van der Waals surface area contributed by atoms with Gasteiger partial charge in [0.05, 0.1) is 5.69 Å². The Morgan fingerprint density at radius 1 is 1.28 bits per heavy atom. The molecule has 1 atom stereocenters. The molecule has 1 fully saturated rings. The number of alkyl halides is 3. The van der Waals surface area contributed by atoms with E-state index in [-0.39, 0.29) is 5.91 Å². The van der Waals surface area contributed by atoms with Crippen molar-refractivity contribution in [3.8, 4) is 0 Å². The average Bonchev–Trinajstić information content (AvgIpc) is 3.20. The summed E-state index contributed by atoms with van der Waals surface area (Å²) in [6, 6.07) is 8.29. The summed E-state index contributed by atoms with van der Waals surface area (Å²) in [7, 11) is 0. The number of nitrogens with zero attached hydrogens (tertiary/aromatic N) is 4. The number of rotatable bonds is 6. The van der Waals surface area contributed by atoms with Crippen LogP contribution < -0.4 is 5.73 Å². The van der Waals surface area contributed by atoms with Gasteiger partial charge in [0.15, 0.2) is 0 Å². The third kappa shape index (κ3) is 7.95. The van der Waals surface area contributed by atoms with Crippen molar-refractivity contribution in [1.82, 2.24) is 19.9 Å². The van der Waals surface area contributed by atoms with Crippen molar-refractivity contribution in [1.29, 1.82) is 0 Å². The lowest BCUT2D eigenvalue weighted by Crippen LogP contribution is -2.41. The van der Waals surface area contributed by atoms with E-state index in [1.54, 1.807) is 0 Å². The third-order valence-electron chi connectivity index (χ3n) is 5.22. The number of likely N-dealkylation sites (tertiary alicyclic amines) is 1. The molecule has 0 saturated carbocycles. The van der Waals surface area contributed by atoms with Crippen LogP contribution in [0.3, 0.4) is 0 Å². The Morgan fingerprint density at radius 3 is 2.56 bits per heavy atom. The van der Waals surface area contributed by atoms with Crippen LogP contribution in [0, 0.1) is 12.8 Å². The van der Waals surface area contributed by atoms with Crippen molar-refractivity contribution in [2.75, 3.05) is 13.1 Å². The van der Waals surface area contributed by atoms with Crippen LogP contribution in [0.1, 0.15) is 36.1 Å². The fourth-order valence-corrected chi connectivity index (χ4v) is 3.52. The molecule has 3 N–H and O–H groups in total. The maximum Gasteiger partial charge on any atom is 0.490 e. The van der Waals surface area contributed by atoms with Gasteiger partial charge < -0.3 is 15.7 Å². The van der Waals surface area contributed by atoms with Gasteiger partial charge in [-0.25, -0.2) is 4.79 Å². The largest absolute Gasteiger partial charge is 0.490 e. The second kappa shape index (κ2) is 11.6. The lowest BCUT2D eigenvalue weighted by Gasteiger charge is -2.32. The van der Waals surface area contributed by atoms with Crippen LogP contribution in [0.5, 0.6) is 0 Å². The molecule has 0 aliphatic carbocycles. The van der Waals surface area contributed by atoms with Crippen molar-refractivity contribution in [3.05, 3.63) is 47.3 Å². The average molecular weight is 455 g/mol. The number of nitrogens with two attached hydrogens (primary N) is 1. The number of aromatic nitrogens is 3. The van der Waals surface area contributed by atoms with Crippen molar-refractivity contribution in [3.63, 3.8) is 0 Å². The first-order valence-electron chi connectivity index (χ1n) is 10.3.